The molecule has 1 heterocycles. The van der Waals surface area contributed by atoms with E-state index in [0.29, 0.717) is 22.3 Å². The van der Waals surface area contributed by atoms with Crippen LogP contribution in [0.4, 0.5) is 4.39 Å². The molecule has 0 fully saturated rings. The maximum Gasteiger partial charge on any atom is 0.142 e. The Balaban J connectivity index is 2.45. The summed E-state index contributed by atoms with van der Waals surface area (Å²) in [5.41, 5.74) is 2.12. The highest BCUT2D eigenvalue weighted by atomic mass is 79.9. The van der Waals surface area contributed by atoms with Crippen LogP contribution in [-0.4, -0.2) is 16.5 Å². The van der Waals surface area contributed by atoms with Gasteiger partial charge in [-0.2, -0.15) is 0 Å². The minimum absolute atomic E-state index is 0.268. The summed E-state index contributed by atoms with van der Waals surface area (Å²) >= 11 is 3.21. The number of benzene rings is 1. The number of hydrogen-bond acceptors (Lipinski definition) is 3. The van der Waals surface area contributed by atoms with E-state index in [1.165, 1.54) is 0 Å². The molecule has 19 heavy (non-hydrogen) atoms. The first-order valence-electron chi connectivity index (χ1n) is 6.09. The molecule has 1 atom stereocenters. The van der Waals surface area contributed by atoms with Crippen LogP contribution in [0.5, 0.6) is 0 Å². The van der Waals surface area contributed by atoms with E-state index in [0.717, 1.165) is 5.69 Å². The zero-order valence-electron chi connectivity index (χ0n) is 10.8. The number of nitrogens with zero attached hydrogens (tertiary/aromatic N) is 2. The third-order valence-electron chi connectivity index (χ3n) is 2.80. The van der Waals surface area contributed by atoms with Crippen LogP contribution < -0.4 is 5.32 Å². The van der Waals surface area contributed by atoms with Crippen molar-refractivity contribution < 1.29 is 4.39 Å². The fraction of sp³-hybridized carbons (Fsp3) is 0.286. The number of aryl methyl sites for hydroxylation is 1. The second kappa shape index (κ2) is 6.21. The maximum atomic E-state index is 14.2. The van der Waals surface area contributed by atoms with E-state index in [4.69, 9.17) is 0 Å². The predicted molar refractivity (Wildman–Crippen MR) is 76.4 cm³/mol. The molecule has 1 unspecified atom stereocenters. The van der Waals surface area contributed by atoms with Crippen LogP contribution in [0, 0.1) is 12.7 Å². The van der Waals surface area contributed by atoms with Crippen LogP contribution in [-0.2, 0) is 0 Å². The van der Waals surface area contributed by atoms with Crippen LogP contribution in [0.2, 0.25) is 0 Å². The van der Waals surface area contributed by atoms with Crippen molar-refractivity contribution in [1.82, 2.24) is 15.3 Å². The van der Waals surface area contributed by atoms with E-state index in [-0.39, 0.29) is 11.9 Å². The maximum absolute atomic E-state index is 14.2. The zero-order valence-corrected chi connectivity index (χ0v) is 12.4. The van der Waals surface area contributed by atoms with Crippen LogP contribution in [0.15, 0.2) is 35.1 Å². The third kappa shape index (κ3) is 3.16. The van der Waals surface area contributed by atoms with E-state index < -0.39 is 0 Å². The van der Waals surface area contributed by atoms with E-state index in [2.05, 4.69) is 31.2 Å². The Hall–Kier alpha value is -1.33. The number of halogens is 2. The molecule has 0 radical (unpaired) electrons. The topological polar surface area (TPSA) is 37.8 Å². The lowest BCUT2D eigenvalue weighted by Gasteiger charge is -2.18. The van der Waals surface area contributed by atoms with Crippen LogP contribution in [0.3, 0.4) is 0 Å². The highest BCUT2D eigenvalue weighted by Crippen LogP contribution is 2.27. The number of rotatable bonds is 4. The van der Waals surface area contributed by atoms with Gasteiger partial charge in [0.1, 0.15) is 5.82 Å². The van der Waals surface area contributed by atoms with E-state index in [1.54, 1.807) is 24.5 Å². The number of hydrogen-bond donors (Lipinski definition) is 1. The van der Waals surface area contributed by atoms with Crippen molar-refractivity contribution in [2.24, 2.45) is 0 Å². The van der Waals surface area contributed by atoms with Gasteiger partial charge in [-0.3, -0.25) is 9.97 Å². The smallest absolute Gasteiger partial charge is 0.142 e. The lowest BCUT2D eigenvalue weighted by atomic mass is 10.0. The van der Waals surface area contributed by atoms with Crippen molar-refractivity contribution in [2.75, 3.05) is 6.54 Å². The van der Waals surface area contributed by atoms with Gasteiger partial charge in [0.2, 0.25) is 0 Å². The summed E-state index contributed by atoms with van der Waals surface area (Å²) in [6.45, 7) is 4.56. The molecule has 0 saturated carbocycles. The average Bonchev–Trinajstić information content (AvgIpc) is 2.41. The summed E-state index contributed by atoms with van der Waals surface area (Å²) in [6.07, 6.45) is 3.37. The normalized spacial score (nSPS) is 12.4. The summed E-state index contributed by atoms with van der Waals surface area (Å²) in [5, 5.41) is 3.24. The fourth-order valence-electron chi connectivity index (χ4n) is 1.87. The molecule has 0 aliphatic carbocycles. The highest BCUT2D eigenvalue weighted by Gasteiger charge is 2.19. The molecule has 0 aliphatic heterocycles. The minimum atomic E-state index is -0.296. The summed E-state index contributed by atoms with van der Waals surface area (Å²) < 4.78 is 14.7. The Morgan fingerprint density at radius 3 is 2.74 bits per heavy atom. The van der Waals surface area contributed by atoms with Gasteiger partial charge >= 0.3 is 0 Å². The molecular formula is C14H15BrFN3. The average molecular weight is 324 g/mol. The molecule has 0 bridgehead atoms. The molecule has 0 amide bonds. The molecule has 1 aromatic carbocycles. The Morgan fingerprint density at radius 2 is 2.11 bits per heavy atom. The Morgan fingerprint density at radius 1 is 1.32 bits per heavy atom. The van der Waals surface area contributed by atoms with Gasteiger partial charge < -0.3 is 5.32 Å². The van der Waals surface area contributed by atoms with E-state index in [9.17, 15) is 4.39 Å². The Labute approximate surface area is 120 Å². The summed E-state index contributed by atoms with van der Waals surface area (Å²) in [6, 6.07) is 4.96. The van der Waals surface area contributed by atoms with Gasteiger partial charge in [0.25, 0.3) is 0 Å². The molecule has 2 rings (SSSR count). The third-order valence-corrected chi connectivity index (χ3v) is 3.41. The van der Waals surface area contributed by atoms with Crippen LogP contribution in [0.25, 0.3) is 0 Å². The number of aromatic nitrogens is 2. The second-order valence-electron chi connectivity index (χ2n) is 4.22. The van der Waals surface area contributed by atoms with Gasteiger partial charge in [-0.15, -0.1) is 0 Å². The first-order chi connectivity index (χ1) is 9.13. The predicted octanol–water partition coefficient (Wildman–Crippen LogP) is 3.39. The fourth-order valence-corrected chi connectivity index (χ4v) is 2.25. The van der Waals surface area contributed by atoms with Gasteiger partial charge in [0, 0.05) is 11.8 Å². The van der Waals surface area contributed by atoms with Crippen molar-refractivity contribution in [1.29, 1.82) is 0 Å². The molecule has 5 heteroatoms. The van der Waals surface area contributed by atoms with E-state index >= 15 is 0 Å². The lowest BCUT2D eigenvalue weighted by Crippen LogP contribution is -2.24. The molecule has 0 saturated heterocycles. The first-order valence-corrected chi connectivity index (χ1v) is 6.88. The summed E-state index contributed by atoms with van der Waals surface area (Å²) in [7, 11) is 0. The first kappa shape index (κ1) is 14.1. The monoisotopic (exact) mass is 323 g/mol. The van der Waals surface area contributed by atoms with Crippen molar-refractivity contribution in [2.45, 2.75) is 19.9 Å². The van der Waals surface area contributed by atoms with Gasteiger partial charge in [-0.25, -0.2) is 4.39 Å². The largest absolute Gasteiger partial charge is 0.305 e. The molecule has 0 spiro atoms. The zero-order chi connectivity index (χ0) is 13.8. The summed E-state index contributed by atoms with van der Waals surface area (Å²) in [4.78, 5) is 8.56. The molecule has 3 nitrogen and oxygen atoms in total. The van der Waals surface area contributed by atoms with Crippen molar-refractivity contribution >= 4 is 15.9 Å². The Kier molecular flexibility index (Phi) is 4.61. The van der Waals surface area contributed by atoms with Gasteiger partial charge in [-0.1, -0.05) is 19.1 Å². The molecule has 1 N–H and O–H groups in total. The van der Waals surface area contributed by atoms with Gasteiger partial charge in [0.15, 0.2) is 0 Å². The SMILES string of the molecule is CCNC(c1cnc(C)cn1)c1cccc(Br)c1F. The summed E-state index contributed by atoms with van der Waals surface area (Å²) in [5.74, 6) is -0.268. The minimum Gasteiger partial charge on any atom is -0.305 e. The lowest BCUT2D eigenvalue weighted by molar-refractivity contribution is 0.547. The Bertz CT molecular complexity index is 557. The highest BCUT2D eigenvalue weighted by molar-refractivity contribution is 9.10. The van der Waals surface area contributed by atoms with Gasteiger partial charge in [-0.05, 0) is 35.5 Å². The van der Waals surface area contributed by atoms with Crippen LogP contribution in [0.1, 0.15) is 29.9 Å². The van der Waals surface area contributed by atoms with Crippen molar-refractivity contribution in [3.05, 3.63) is 57.8 Å². The number of nitrogens with one attached hydrogen (secondary N) is 1. The molecular weight excluding hydrogens is 309 g/mol. The van der Waals surface area contributed by atoms with E-state index in [1.807, 2.05) is 19.9 Å². The molecule has 100 valence electrons. The quantitative estimate of drug-likeness (QED) is 0.937. The van der Waals surface area contributed by atoms with Crippen molar-refractivity contribution in [3.8, 4) is 0 Å². The molecule has 0 aliphatic rings. The van der Waals surface area contributed by atoms with Crippen molar-refractivity contribution in [3.63, 3.8) is 0 Å². The standard InChI is InChI=1S/C14H15BrFN3/c1-3-17-14(12-8-18-9(2)7-19-12)10-5-4-6-11(15)13(10)16/h4-8,14,17H,3H2,1-2H3. The molecule has 2 aromatic rings. The van der Waals surface area contributed by atoms with Crippen LogP contribution >= 0.6 is 15.9 Å². The van der Waals surface area contributed by atoms with Gasteiger partial charge in [0.05, 0.1) is 28.1 Å². The second-order valence-corrected chi connectivity index (χ2v) is 5.07. The molecule has 1 aromatic heterocycles.